The molecule has 0 radical (unpaired) electrons. The lowest BCUT2D eigenvalue weighted by Crippen LogP contribution is -2.58. The van der Waals surface area contributed by atoms with Crippen LogP contribution in [0.2, 0.25) is 0 Å². The molecule has 0 aliphatic carbocycles. The molecular formula is C28H28FN3O2. The van der Waals surface area contributed by atoms with Gasteiger partial charge in [-0.15, -0.1) is 0 Å². The van der Waals surface area contributed by atoms with E-state index in [2.05, 4.69) is 17.9 Å². The Balaban J connectivity index is 1.30. The molecule has 0 spiro atoms. The van der Waals surface area contributed by atoms with E-state index in [0.717, 1.165) is 29.8 Å². The summed E-state index contributed by atoms with van der Waals surface area (Å²) < 4.78 is 19.0. The Labute approximate surface area is 200 Å². The number of nitrogens with zero attached hydrogens (tertiary/aromatic N) is 3. The van der Waals surface area contributed by atoms with Crippen LogP contribution < -0.4 is 4.74 Å². The number of carbonyl (C=O) groups is 1. The molecule has 0 aromatic heterocycles. The summed E-state index contributed by atoms with van der Waals surface area (Å²) in [5.74, 6) is 0.378. The Morgan fingerprint density at radius 3 is 2.18 bits per heavy atom. The van der Waals surface area contributed by atoms with Crippen molar-refractivity contribution in [1.29, 1.82) is 5.26 Å². The lowest BCUT2D eigenvalue weighted by Gasteiger charge is -2.44. The highest BCUT2D eigenvalue weighted by Crippen LogP contribution is 2.23. The lowest BCUT2D eigenvalue weighted by molar-refractivity contribution is -0.139. The molecule has 1 amide bonds. The molecule has 0 saturated carbocycles. The van der Waals surface area contributed by atoms with Gasteiger partial charge in [-0.3, -0.25) is 9.69 Å². The molecule has 1 aliphatic heterocycles. The Kier molecular flexibility index (Phi) is 7.24. The smallest absolute Gasteiger partial charge is 0.260 e. The Bertz CT molecular complexity index is 1150. The summed E-state index contributed by atoms with van der Waals surface area (Å²) >= 11 is 0. The zero-order valence-corrected chi connectivity index (χ0v) is 19.4. The third-order valence-electron chi connectivity index (χ3n) is 6.30. The van der Waals surface area contributed by atoms with Crippen LogP contribution >= 0.6 is 0 Å². The third kappa shape index (κ3) is 5.62. The zero-order valence-electron chi connectivity index (χ0n) is 19.4. The molecule has 174 valence electrons. The summed E-state index contributed by atoms with van der Waals surface area (Å²) in [7, 11) is 0. The minimum absolute atomic E-state index is 0.00870. The molecule has 2 atom stereocenters. The Morgan fingerprint density at radius 1 is 0.941 bits per heavy atom. The van der Waals surface area contributed by atoms with E-state index >= 15 is 0 Å². The van der Waals surface area contributed by atoms with E-state index in [4.69, 9.17) is 10.00 Å². The van der Waals surface area contributed by atoms with Crippen molar-refractivity contribution >= 4 is 5.91 Å². The first-order valence-corrected chi connectivity index (χ1v) is 11.4. The highest BCUT2D eigenvalue weighted by Gasteiger charge is 2.32. The number of ether oxygens (including phenoxy) is 1. The molecule has 4 rings (SSSR count). The van der Waals surface area contributed by atoms with Crippen molar-refractivity contribution in [1.82, 2.24) is 9.80 Å². The first kappa shape index (κ1) is 23.5. The van der Waals surface area contributed by atoms with Crippen LogP contribution in [-0.4, -0.2) is 47.5 Å². The normalized spacial score (nSPS) is 18.4. The van der Waals surface area contributed by atoms with Crippen molar-refractivity contribution in [2.45, 2.75) is 32.5 Å². The zero-order chi connectivity index (χ0) is 24.1. The largest absolute Gasteiger partial charge is 0.484 e. The van der Waals surface area contributed by atoms with Gasteiger partial charge in [0.25, 0.3) is 5.91 Å². The number of nitriles is 1. The predicted molar refractivity (Wildman–Crippen MR) is 130 cm³/mol. The van der Waals surface area contributed by atoms with E-state index in [0.29, 0.717) is 17.9 Å². The highest BCUT2D eigenvalue weighted by atomic mass is 19.1. The second-order valence-corrected chi connectivity index (χ2v) is 8.80. The molecular weight excluding hydrogens is 429 g/mol. The van der Waals surface area contributed by atoms with Gasteiger partial charge in [-0.2, -0.15) is 5.26 Å². The molecule has 0 unspecified atom stereocenters. The van der Waals surface area contributed by atoms with Crippen LogP contribution in [-0.2, 0) is 11.3 Å². The average molecular weight is 458 g/mol. The fourth-order valence-electron chi connectivity index (χ4n) is 4.30. The second kappa shape index (κ2) is 10.5. The van der Waals surface area contributed by atoms with Crippen LogP contribution in [0.15, 0.2) is 72.8 Å². The molecule has 1 aliphatic rings. The van der Waals surface area contributed by atoms with Crippen molar-refractivity contribution in [3.8, 4) is 22.9 Å². The van der Waals surface area contributed by atoms with E-state index in [1.54, 1.807) is 12.1 Å². The molecule has 1 saturated heterocycles. The third-order valence-corrected chi connectivity index (χ3v) is 6.30. The van der Waals surface area contributed by atoms with Gasteiger partial charge in [-0.05, 0) is 66.9 Å². The van der Waals surface area contributed by atoms with Gasteiger partial charge in [-0.1, -0.05) is 36.4 Å². The van der Waals surface area contributed by atoms with Crippen molar-refractivity contribution < 1.29 is 13.9 Å². The average Bonchev–Trinajstić information content (AvgIpc) is 2.86. The first-order chi connectivity index (χ1) is 16.4. The van der Waals surface area contributed by atoms with E-state index in [1.807, 2.05) is 60.4 Å². The molecule has 1 fully saturated rings. The summed E-state index contributed by atoms with van der Waals surface area (Å²) in [6.07, 6.45) is 0. The molecule has 5 nitrogen and oxygen atoms in total. The standard InChI is InChI=1S/C28H28FN3O2/c1-20-17-32(21(2)16-31(20)18-23-5-11-26(29)12-6-23)28(33)19-34-27-13-9-25(10-14-27)24-7-3-22(15-30)4-8-24/h3-14,20-21H,16-19H2,1-2H3/t20-,21+/m1/s1. The van der Waals surface area contributed by atoms with E-state index in [9.17, 15) is 9.18 Å². The molecule has 0 bridgehead atoms. The van der Waals surface area contributed by atoms with Gasteiger partial charge < -0.3 is 9.64 Å². The molecule has 6 heteroatoms. The number of amides is 1. The number of rotatable bonds is 6. The minimum atomic E-state index is -0.232. The van der Waals surface area contributed by atoms with Gasteiger partial charge in [0.1, 0.15) is 11.6 Å². The number of hydrogen-bond acceptors (Lipinski definition) is 4. The summed E-state index contributed by atoms with van der Waals surface area (Å²) in [6.45, 7) is 6.26. The van der Waals surface area contributed by atoms with E-state index < -0.39 is 0 Å². The quantitative estimate of drug-likeness (QED) is 0.530. The summed E-state index contributed by atoms with van der Waals surface area (Å²) in [5.41, 5.74) is 3.72. The number of halogens is 1. The van der Waals surface area contributed by atoms with Crippen LogP contribution in [0.1, 0.15) is 25.0 Å². The predicted octanol–water partition coefficient (Wildman–Crippen LogP) is 4.86. The molecule has 1 heterocycles. The van der Waals surface area contributed by atoms with Crippen molar-refractivity contribution in [3.63, 3.8) is 0 Å². The fourth-order valence-corrected chi connectivity index (χ4v) is 4.30. The van der Waals surface area contributed by atoms with Crippen LogP contribution in [0.5, 0.6) is 5.75 Å². The van der Waals surface area contributed by atoms with Crippen LogP contribution in [0, 0.1) is 17.1 Å². The number of hydrogen-bond donors (Lipinski definition) is 0. The first-order valence-electron chi connectivity index (χ1n) is 11.4. The van der Waals surface area contributed by atoms with Crippen LogP contribution in [0.3, 0.4) is 0 Å². The van der Waals surface area contributed by atoms with Crippen molar-refractivity contribution in [2.24, 2.45) is 0 Å². The number of piperazine rings is 1. The topological polar surface area (TPSA) is 56.6 Å². The maximum atomic E-state index is 13.2. The van der Waals surface area contributed by atoms with Crippen molar-refractivity contribution in [3.05, 3.63) is 89.7 Å². The van der Waals surface area contributed by atoms with E-state index in [1.165, 1.54) is 12.1 Å². The van der Waals surface area contributed by atoms with Crippen molar-refractivity contribution in [2.75, 3.05) is 19.7 Å². The second-order valence-electron chi connectivity index (χ2n) is 8.80. The molecule has 3 aromatic rings. The molecule has 0 N–H and O–H groups in total. The fraction of sp³-hybridized carbons (Fsp3) is 0.286. The minimum Gasteiger partial charge on any atom is -0.484 e. The molecule has 3 aromatic carbocycles. The van der Waals surface area contributed by atoms with Gasteiger partial charge in [0.15, 0.2) is 6.61 Å². The van der Waals surface area contributed by atoms with Gasteiger partial charge in [-0.25, -0.2) is 4.39 Å². The van der Waals surface area contributed by atoms with E-state index in [-0.39, 0.29) is 30.4 Å². The SMILES string of the molecule is C[C@@H]1CN(C(=O)COc2ccc(-c3ccc(C#N)cc3)cc2)[C@@H](C)CN1Cc1ccc(F)cc1. The van der Waals surface area contributed by atoms with Crippen LogP contribution in [0.25, 0.3) is 11.1 Å². The Hall–Kier alpha value is -3.69. The lowest BCUT2D eigenvalue weighted by atomic mass is 10.0. The van der Waals surface area contributed by atoms with Gasteiger partial charge in [0.05, 0.1) is 11.6 Å². The Morgan fingerprint density at radius 2 is 1.56 bits per heavy atom. The monoisotopic (exact) mass is 457 g/mol. The maximum Gasteiger partial charge on any atom is 0.260 e. The number of carbonyl (C=O) groups excluding carboxylic acids is 1. The van der Waals surface area contributed by atoms with Gasteiger partial charge >= 0.3 is 0 Å². The summed E-state index contributed by atoms with van der Waals surface area (Å²) in [6, 6.07) is 24.0. The van der Waals surface area contributed by atoms with Gasteiger partial charge in [0.2, 0.25) is 0 Å². The summed E-state index contributed by atoms with van der Waals surface area (Å²) in [4.78, 5) is 17.1. The maximum absolute atomic E-state index is 13.2. The highest BCUT2D eigenvalue weighted by molar-refractivity contribution is 5.78. The van der Waals surface area contributed by atoms with Crippen LogP contribution in [0.4, 0.5) is 4.39 Å². The summed E-state index contributed by atoms with van der Waals surface area (Å²) in [5, 5.41) is 8.93. The molecule has 34 heavy (non-hydrogen) atoms. The van der Waals surface area contributed by atoms with Gasteiger partial charge in [0, 0.05) is 31.7 Å². The number of benzene rings is 3.